The lowest BCUT2D eigenvalue weighted by Crippen LogP contribution is -2.22. The van der Waals surface area contributed by atoms with Gasteiger partial charge in [-0.05, 0) is 30.5 Å². The molecule has 2 aromatic heterocycles. The van der Waals surface area contributed by atoms with E-state index in [0.717, 1.165) is 28.8 Å². The first-order chi connectivity index (χ1) is 12.4. The Balaban J connectivity index is 1.65. The van der Waals surface area contributed by atoms with Crippen LogP contribution in [0.15, 0.2) is 40.9 Å². The van der Waals surface area contributed by atoms with E-state index in [9.17, 15) is 19.3 Å². The van der Waals surface area contributed by atoms with Crippen molar-refractivity contribution in [1.29, 1.82) is 0 Å². The Morgan fingerprint density at radius 1 is 1.46 bits per heavy atom. The fourth-order valence-corrected chi connectivity index (χ4v) is 3.40. The van der Waals surface area contributed by atoms with Crippen LogP contribution >= 0.6 is 23.1 Å². The standard InChI is InChI=1S/C15H12FN5O3S2/c1-8(26-15-18-13(19-20-15)12-3-2-6-25-12)14(22)17-9-4-5-10(16)11(7-9)21(23)24/h2-8H,1H3,(H,17,22)(H,18,19,20)/t8-/m0/s1. The van der Waals surface area contributed by atoms with E-state index in [-0.39, 0.29) is 5.69 Å². The number of benzene rings is 1. The maximum atomic E-state index is 13.3. The number of rotatable bonds is 6. The normalized spacial score (nSPS) is 11.9. The Morgan fingerprint density at radius 2 is 2.27 bits per heavy atom. The van der Waals surface area contributed by atoms with Gasteiger partial charge < -0.3 is 5.32 Å². The highest BCUT2D eigenvalue weighted by Crippen LogP contribution is 2.26. The molecule has 0 bridgehead atoms. The first-order valence-corrected chi connectivity index (χ1v) is 9.07. The number of halogens is 1. The molecule has 1 aromatic carbocycles. The molecule has 0 aliphatic rings. The van der Waals surface area contributed by atoms with Gasteiger partial charge in [0.1, 0.15) is 0 Å². The van der Waals surface area contributed by atoms with Gasteiger partial charge in [-0.15, -0.1) is 16.4 Å². The van der Waals surface area contributed by atoms with Crippen molar-refractivity contribution in [1.82, 2.24) is 15.2 Å². The number of carbonyl (C=O) groups is 1. The lowest BCUT2D eigenvalue weighted by atomic mass is 10.2. The van der Waals surface area contributed by atoms with Crippen molar-refractivity contribution in [2.75, 3.05) is 5.32 Å². The molecule has 1 atom stereocenters. The minimum atomic E-state index is -0.961. The van der Waals surface area contributed by atoms with Crippen LogP contribution in [0, 0.1) is 15.9 Å². The number of thiophene rings is 1. The number of hydrogen-bond donors (Lipinski definition) is 2. The summed E-state index contributed by atoms with van der Waals surface area (Å²) in [5, 5.41) is 21.9. The van der Waals surface area contributed by atoms with Crippen LogP contribution in [0.4, 0.5) is 15.8 Å². The fraction of sp³-hybridized carbons (Fsp3) is 0.133. The lowest BCUT2D eigenvalue weighted by Gasteiger charge is -2.10. The summed E-state index contributed by atoms with van der Waals surface area (Å²) in [6.07, 6.45) is 0. The van der Waals surface area contributed by atoms with Crippen LogP contribution in [0.2, 0.25) is 0 Å². The summed E-state index contributed by atoms with van der Waals surface area (Å²) in [6, 6.07) is 6.98. The largest absolute Gasteiger partial charge is 0.325 e. The average Bonchev–Trinajstić information content (AvgIpc) is 3.27. The van der Waals surface area contributed by atoms with Crippen molar-refractivity contribution in [3.63, 3.8) is 0 Å². The topological polar surface area (TPSA) is 114 Å². The highest BCUT2D eigenvalue weighted by molar-refractivity contribution is 8.00. The smallest absolute Gasteiger partial charge is 0.306 e. The number of nitro benzene ring substituents is 1. The molecule has 11 heteroatoms. The monoisotopic (exact) mass is 393 g/mol. The third-order valence-electron chi connectivity index (χ3n) is 3.28. The third-order valence-corrected chi connectivity index (χ3v) is 5.12. The number of nitrogens with zero attached hydrogens (tertiary/aromatic N) is 3. The number of nitrogens with one attached hydrogen (secondary N) is 2. The zero-order valence-electron chi connectivity index (χ0n) is 13.3. The van der Waals surface area contributed by atoms with Crippen molar-refractivity contribution in [3.8, 4) is 10.7 Å². The van der Waals surface area contributed by atoms with E-state index in [1.54, 1.807) is 6.92 Å². The number of aromatic nitrogens is 3. The number of amides is 1. The summed E-state index contributed by atoms with van der Waals surface area (Å²) >= 11 is 2.65. The number of nitro groups is 1. The lowest BCUT2D eigenvalue weighted by molar-refractivity contribution is -0.387. The van der Waals surface area contributed by atoms with E-state index in [4.69, 9.17) is 0 Å². The molecule has 0 saturated heterocycles. The Bertz CT molecular complexity index is 945. The van der Waals surface area contributed by atoms with Crippen LogP contribution < -0.4 is 5.32 Å². The number of H-pyrrole nitrogens is 1. The van der Waals surface area contributed by atoms with Crippen LogP contribution in [0.5, 0.6) is 0 Å². The van der Waals surface area contributed by atoms with Crippen LogP contribution in [0.25, 0.3) is 10.7 Å². The second kappa shape index (κ2) is 7.62. The molecule has 8 nitrogen and oxygen atoms in total. The second-order valence-electron chi connectivity index (χ2n) is 5.12. The van der Waals surface area contributed by atoms with E-state index >= 15 is 0 Å². The molecule has 3 aromatic rings. The van der Waals surface area contributed by atoms with Crippen LogP contribution in [-0.2, 0) is 4.79 Å². The zero-order valence-corrected chi connectivity index (χ0v) is 14.9. The van der Waals surface area contributed by atoms with Gasteiger partial charge in [-0.2, -0.15) is 4.39 Å². The number of carbonyl (C=O) groups excluding carboxylic acids is 1. The van der Waals surface area contributed by atoms with Gasteiger partial charge in [0.25, 0.3) is 0 Å². The number of aromatic amines is 1. The van der Waals surface area contributed by atoms with Crippen molar-refractivity contribution in [3.05, 3.63) is 51.6 Å². The van der Waals surface area contributed by atoms with Gasteiger partial charge in [-0.1, -0.05) is 17.8 Å². The molecule has 2 heterocycles. The van der Waals surface area contributed by atoms with Crippen molar-refractivity contribution < 1.29 is 14.1 Å². The molecule has 3 rings (SSSR count). The summed E-state index contributed by atoms with van der Waals surface area (Å²) in [5.41, 5.74) is -0.553. The highest BCUT2D eigenvalue weighted by Gasteiger charge is 2.20. The van der Waals surface area contributed by atoms with Crippen molar-refractivity contribution in [2.24, 2.45) is 0 Å². The molecule has 0 unspecified atom stereocenters. The molecule has 2 N–H and O–H groups in total. The maximum Gasteiger partial charge on any atom is 0.306 e. The maximum absolute atomic E-state index is 13.3. The van der Waals surface area contributed by atoms with E-state index < -0.39 is 27.6 Å². The van der Waals surface area contributed by atoms with E-state index in [1.165, 1.54) is 17.4 Å². The van der Waals surface area contributed by atoms with Gasteiger partial charge in [-0.3, -0.25) is 20.0 Å². The zero-order chi connectivity index (χ0) is 18.7. The number of hydrogen-bond acceptors (Lipinski definition) is 7. The van der Waals surface area contributed by atoms with Crippen molar-refractivity contribution in [2.45, 2.75) is 17.3 Å². The fourth-order valence-electron chi connectivity index (χ4n) is 2.01. The Morgan fingerprint density at radius 3 is 2.96 bits per heavy atom. The molecule has 0 saturated carbocycles. The van der Waals surface area contributed by atoms with Gasteiger partial charge in [0, 0.05) is 11.8 Å². The molecule has 0 fully saturated rings. The molecule has 134 valence electrons. The molecule has 1 amide bonds. The van der Waals surface area contributed by atoms with Crippen LogP contribution in [0.3, 0.4) is 0 Å². The molecule has 0 aliphatic carbocycles. The predicted molar refractivity (Wildman–Crippen MR) is 96.7 cm³/mol. The van der Waals surface area contributed by atoms with E-state index in [1.807, 2.05) is 17.5 Å². The summed E-state index contributed by atoms with van der Waals surface area (Å²) in [6.45, 7) is 1.65. The molecule has 0 radical (unpaired) electrons. The number of anilines is 1. The predicted octanol–water partition coefficient (Wildman–Crippen LogP) is 3.70. The molecule has 0 aliphatic heterocycles. The third kappa shape index (κ3) is 4.06. The van der Waals surface area contributed by atoms with Crippen LogP contribution in [0.1, 0.15) is 6.92 Å². The van der Waals surface area contributed by atoms with E-state index in [2.05, 4.69) is 20.5 Å². The first-order valence-electron chi connectivity index (χ1n) is 7.32. The Hall–Kier alpha value is -2.79. The summed E-state index contributed by atoms with van der Waals surface area (Å²) in [5.74, 6) is -0.750. The van der Waals surface area contributed by atoms with Gasteiger partial charge in [0.2, 0.25) is 16.9 Å². The molecule has 26 heavy (non-hydrogen) atoms. The Labute approximate surface area is 155 Å². The molecular weight excluding hydrogens is 381 g/mol. The second-order valence-corrected chi connectivity index (χ2v) is 7.37. The van der Waals surface area contributed by atoms with Gasteiger partial charge in [0.05, 0.1) is 15.1 Å². The highest BCUT2D eigenvalue weighted by atomic mass is 32.2. The molecule has 0 spiro atoms. The summed E-state index contributed by atoms with van der Waals surface area (Å²) < 4.78 is 13.3. The number of thioether (sulfide) groups is 1. The van der Waals surface area contributed by atoms with Crippen LogP contribution in [-0.4, -0.2) is 31.3 Å². The van der Waals surface area contributed by atoms with Crippen molar-refractivity contribution >= 4 is 40.4 Å². The minimum absolute atomic E-state index is 0.143. The minimum Gasteiger partial charge on any atom is -0.325 e. The average molecular weight is 393 g/mol. The van der Waals surface area contributed by atoms with Gasteiger partial charge >= 0.3 is 5.69 Å². The Kier molecular flexibility index (Phi) is 5.28. The summed E-state index contributed by atoms with van der Waals surface area (Å²) in [7, 11) is 0. The molecular formula is C15H12FN5O3S2. The van der Waals surface area contributed by atoms with Gasteiger partial charge in [-0.25, -0.2) is 4.98 Å². The first kappa shape index (κ1) is 18.0. The quantitative estimate of drug-likeness (QED) is 0.375. The van der Waals surface area contributed by atoms with E-state index in [0.29, 0.717) is 11.0 Å². The summed E-state index contributed by atoms with van der Waals surface area (Å²) in [4.78, 5) is 27.4. The van der Waals surface area contributed by atoms with Gasteiger partial charge in [0.15, 0.2) is 5.82 Å². The SMILES string of the molecule is C[C@H](Sc1n[nH]c(-c2cccs2)n1)C(=O)Nc1ccc(F)c([N+](=O)[O-])c1.